The quantitative estimate of drug-likeness (QED) is 0.786. The third-order valence-corrected chi connectivity index (χ3v) is 4.40. The molecule has 122 valence electrons. The molecule has 1 N–H and O–H groups in total. The monoisotopic (exact) mass is 321 g/mol. The maximum absolute atomic E-state index is 12.4. The molecule has 1 aliphatic heterocycles. The molecule has 24 heavy (non-hydrogen) atoms. The number of nitrogens with zero attached hydrogens (tertiary/aromatic N) is 2. The fourth-order valence-corrected chi connectivity index (χ4v) is 3.17. The van der Waals surface area contributed by atoms with Gasteiger partial charge in [-0.1, -0.05) is 12.1 Å². The van der Waals surface area contributed by atoms with Crippen molar-refractivity contribution < 1.29 is 4.42 Å². The lowest BCUT2D eigenvalue weighted by atomic mass is 10.1. The number of pyridine rings is 1. The van der Waals surface area contributed by atoms with Crippen molar-refractivity contribution in [2.24, 2.45) is 0 Å². The number of anilines is 1. The zero-order valence-corrected chi connectivity index (χ0v) is 13.5. The summed E-state index contributed by atoms with van der Waals surface area (Å²) in [6.45, 7) is 4.99. The Morgan fingerprint density at radius 3 is 2.96 bits per heavy atom. The van der Waals surface area contributed by atoms with Crippen molar-refractivity contribution in [2.75, 3.05) is 24.5 Å². The molecule has 1 aromatic carbocycles. The van der Waals surface area contributed by atoms with Crippen LogP contribution in [0.25, 0.3) is 22.2 Å². The van der Waals surface area contributed by atoms with Crippen LogP contribution in [-0.2, 0) is 0 Å². The number of rotatable bonds is 2. The van der Waals surface area contributed by atoms with Gasteiger partial charge in [0.2, 0.25) is 0 Å². The van der Waals surface area contributed by atoms with Crippen LogP contribution in [0.3, 0.4) is 0 Å². The molecule has 0 bridgehead atoms. The molecule has 4 rings (SSSR count). The van der Waals surface area contributed by atoms with E-state index in [9.17, 15) is 4.79 Å². The van der Waals surface area contributed by atoms with Gasteiger partial charge in [-0.15, -0.1) is 0 Å². The van der Waals surface area contributed by atoms with Gasteiger partial charge in [-0.05, 0) is 42.6 Å². The molecule has 1 unspecified atom stereocenters. The first kappa shape index (κ1) is 14.9. The van der Waals surface area contributed by atoms with Crippen molar-refractivity contribution in [3.63, 3.8) is 0 Å². The minimum Gasteiger partial charge on any atom is -0.421 e. The van der Waals surface area contributed by atoms with Crippen molar-refractivity contribution in [3.05, 3.63) is 59.1 Å². The third-order valence-electron chi connectivity index (χ3n) is 4.40. The highest BCUT2D eigenvalue weighted by Crippen LogP contribution is 2.24. The van der Waals surface area contributed by atoms with Gasteiger partial charge in [-0.3, -0.25) is 4.98 Å². The van der Waals surface area contributed by atoms with E-state index in [0.717, 1.165) is 30.7 Å². The predicted octanol–water partition coefficient (Wildman–Crippen LogP) is 2.65. The summed E-state index contributed by atoms with van der Waals surface area (Å²) >= 11 is 0. The average Bonchev–Trinajstić information content (AvgIpc) is 2.62. The Labute approximate surface area is 139 Å². The summed E-state index contributed by atoms with van der Waals surface area (Å²) in [6.07, 6.45) is 1.69. The van der Waals surface area contributed by atoms with Gasteiger partial charge in [-0.25, -0.2) is 4.79 Å². The van der Waals surface area contributed by atoms with Crippen LogP contribution in [0.2, 0.25) is 0 Å². The highest BCUT2D eigenvalue weighted by molar-refractivity contribution is 5.86. The van der Waals surface area contributed by atoms with E-state index in [1.807, 2.05) is 36.4 Å². The van der Waals surface area contributed by atoms with Crippen molar-refractivity contribution in [2.45, 2.75) is 13.0 Å². The van der Waals surface area contributed by atoms with Crippen molar-refractivity contribution >= 4 is 16.5 Å². The van der Waals surface area contributed by atoms with Gasteiger partial charge in [0.05, 0.1) is 5.39 Å². The second-order valence-electron chi connectivity index (χ2n) is 6.19. The maximum Gasteiger partial charge on any atom is 0.344 e. The fourth-order valence-electron chi connectivity index (χ4n) is 3.17. The summed E-state index contributed by atoms with van der Waals surface area (Å²) in [5, 5.41) is 4.91. The fraction of sp³-hybridized carbons (Fsp3) is 0.263. The van der Waals surface area contributed by atoms with E-state index < -0.39 is 0 Å². The van der Waals surface area contributed by atoms with Crippen molar-refractivity contribution in [3.8, 4) is 11.5 Å². The minimum absolute atomic E-state index is 0.321. The number of hydrogen-bond acceptors (Lipinski definition) is 5. The first-order valence-corrected chi connectivity index (χ1v) is 8.18. The summed E-state index contributed by atoms with van der Waals surface area (Å²) in [4.78, 5) is 19.0. The molecule has 1 saturated heterocycles. The zero-order chi connectivity index (χ0) is 16.5. The molecule has 0 saturated carbocycles. The van der Waals surface area contributed by atoms with Gasteiger partial charge in [0, 0.05) is 37.6 Å². The lowest BCUT2D eigenvalue weighted by Gasteiger charge is -2.33. The van der Waals surface area contributed by atoms with E-state index in [-0.39, 0.29) is 5.63 Å². The molecule has 3 heterocycles. The van der Waals surface area contributed by atoms with Crippen LogP contribution in [0, 0.1) is 0 Å². The molecule has 1 aliphatic rings. The van der Waals surface area contributed by atoms with Crippen LogP contribution in [0.4, 0.5) is 5.69 Å². The Morgan fingerprint density at radius 1 is 1.25 bits per heavy atom. The first-order chi connectivity index (χ1) is 11.7. The zero-order valence-electron chi connectivity index (χ0n) is 13.5. The summed E-state index contributed by atoms with van der Waals surface area (Å²) in [7, 11) is 0. The van der Waals surface area contributed by atoms with Gasteiger partial charge in [0.25, 0.3) is 0 Å². The van der Waals surface area contributed by atoms with Crippen LogP contribution in [-0.4, -0.2) is 30.7 Å². The molecule has 3 aromatic rings. The van der Waals surface area contributed by atoms with Gasteiger partial charge in [0.15, 0.2) is 5.76 Å². The number of nitrogens with one attached hydrogen (secondary N) is 1. The predicted molar refractivity (Wildman–Crippen MR) is 95.4 cm³/mol. The number of aromatic nitrogens is 1. The SMILES string of the molecule is CC1CN(c2ccc3cc(-c4ccccn4)oc(=O)c3c2)CCN1. The van der Waals surface area contributed by atoms with Crippen molar-refractivity contribution in [1.29, 1.82) is 0 Å². The summed E-state index contributed by atoms with van der Waals surface area (Å²) in [6, 6.07) is 13.9. The molecule has 0 aliphatic carbocycles. The second kappa shape index (κ2) is 6.09. The van der Waals surface area contributed by atoms with E-state index in [1.54, 1.807) is 6.20 Å². The Balaban J connectivity index is 1.76. The normalized spacial score (nSPS) is 18.0. The van der Waals surface area contributed by atoms with Gasteiger partial charge in [-0.2, -0.15) is 0 Å². The highest BCUT2D eigenvalue weighted by Gasteiger charge is 2.17. The van der Waals surface area contributed by atoms with Gasteiger partial charge in [0.1, 0.15) is 5.69 Å². The van der Waals surface area contributed by atoms with Crippen LogP contribution in [0.5, 0.6) is 0 Å². The van der Waals surface area contributed by atoms with E-state index >= 15 is 0 Å². The molecular formula is C19H19N3O2. The number of fused-ring (bicyclic) bond motifs is 1. The molecule has 2 aromatic heterocycles. The number of hydrogen-bond donors (Lipinski definition) is 1. The molecule has 0 radical (unpaired) electrons. The van der Waals surface area contributed by atoms with Crippen LogP contribution in [0.15, 0.2) is 57.9 Å². The maximum atomic E-state index is 12.4. The average molecular weight is 321 g/mol. The lowest BCUT2D eigenvalue weighted by molar-refractivity contribution is 0.485. The second-order valence-corrected chi connectivity index (χ2v) is 6.19. The van der Waals surface area contributed by atoms with Gasteiger partial charge < -0.3 is 14.6 Å². The van der Waals surface area contributed by atoms with Crippen molar-refractivity contribution in [1.82, 2.24) is 10.3 Å². The molecule has 0 spiro atoms. The smallest absolute Gasteiger partial charge is 0.344 e. The first-order valence-electron chi connectivity index (χ1n) is 8.18. The minimum atomic E-state index is -0.321. The largest absolute Gasteiger partial charge is 0.421 e. The van der Waals surface area contributed by atoms with E-state index in [0.29, 0.717) is 22.9 Å². The molecule has 0 amide bonds. The van der Waals surface area contributed by atoms with Crippen LogP contribution in [0.1, 0.15) is 6.92 Å². The standard InChI is InChI=1S/C19H19N3O2/c1-13-12-22(9-8-20-13)15-6-5-14-10-18(17-4-2-3-7-21-17)24-19(23)16(14)11-15/h2-7,10-11,13,20H,8-9,12H2,1H3. The Bertz CT molecular complexity index is 921. The molecule has 1 atom stereocenters. The van der Waals surface area contributed by atoms with E-state index in [4.69, 9.17) is 4.42 Å². The molecule has 5 heteroatoms. The van der Waals surface area contributed by atoms with Gasteiger partial charge >= 0.3 is 5.63 Å². The topological polar surface area (TPSA) is 58.4 Å². The van der Waals surface area contributed by atoms with Crippen LogP contribution < -0.4 is 15.8 Å². The van der Waals surface area contributed by atoms with E-state index in [1.165, 1.54) is 0 Å². The summed E-state index contributed by atoms with van der Waals surface area (Å²) in [5.41, 5.74) is 1.41. The molecule has 5 nitrogen and oxygen atoms in total. The Morgan fingerprint density at radius 2 is 2.17 bits per heavy atom. The number of piperazine rings is 1. The third kappa shape index (κ3) is 2.78. The Kier molecular flexibility index (Phi) is 3.78. The molecular weight excluding hydrogens is 302 g/mol. The number of benzene rings is 1. The van der Waals surface area contributed by atoms with E-state index in [2.05, 4.69) is 28.2 Å². The summed E-state index contributed by atoms with van der Waals surface area (Å²) in [5.74, 6) is 0.497. The Hall–Kier alpha value is -2.66. The summed E-state index contributed by atoms with van der Waals surface area (Å²) < 4.78 is 5.49. The lowest BCUT2D eigenvalue weighted by Crippen LogP contribution is -2.49. The molecule has 1 fully saturated rings. The highest BCUT2D eigenvalue weighted by atomic mass is 16.4. The van der Waals surface area contributed by atoms with Crippen LogP contribution >= 0.6 is 0 Å².